The zero-order chi connectivity index (χ0) is 27.1. The Hall–Kier alpha value is -3.77. The van der Waals surface area contributed by atoms with Crippen LogP contribution in [0.15, 0.2) is 65.2 Å². The van der Waals surface area contributed by atoms with Crippen LogP contribution in [0.3, 0.4) is 0 Å². The molecule has 0 saturated heterocycles. The summed E-state index contributed by atoms with van der Waals surface area (Å²) in [6.07, 6.45) is 1.53. The molecule has 4 rings (SSSR count). The minimum atomic E-state index is -1.10. The van der Waals surface area contributed by atoms with E-state index in [4.69, 9.17) is 34.0 Å². The van der Waals surface area contributed by atoms with Crippen LogP contribution in [0.4, 0.5) is 0 Å². The Kier molecular flexibility index (Phi) is 9.36. The van der Waals surface area contributed by atoms with Crippen LogP contribution in [0.25, 0.3) is 10.4 Å². The third-order valence-corrected chi connectivity index (χ3v) is 7.45. The first-order chi connectivity index (χ1) is 17.6. The lowest BCUT2D eigenvalue weighted by atomic mass is 10.1. The molecule has 0 unspecified atom stereocenters. The van der Waals surface area contributed by atoms with Gasteiger partial charge < -0.3 is 15.9 Å². The number of hydrazone groups is 1. The van der Waals surface area contributed by atoms with E-state index < -0.39 is 17.8 Å². The average Bonchev–Trinajstić information content (AvgIpc) is 3.53. The Balaban J connectivity index is 0.000000356. The van der Waals surface area contributed by atoms with Crippen LogP contribution in [-0.4, -0.2) is 38.7 Å². The van der Waals surface area contributed by atoms with Crippen LogP contribution in [0, 0.1) is 0 Å². The van der Waals surface area contributed by atoms with Crippen molar-refractivity contribution in [2.45, 2.75) is 6.92 Å². The molecule has 0 aliphatic rings. The Morgan fingerprint density at radius 2 is 1.78 bits per heavy atom. The van der Waals surface area contributed by atoms with Gasteiger partial charge in [-0.25, -0.2) is 10.2 Å². The number of carboxylic acid groups (broad SMARTS) is 1. The molecule has 4 aromatic rings. The van der Waals surface area contributed by atoms with Gasteiger partial charge in [-0.1, -0.05) is 35.3 Å². The zero-order valence-electron chi connectivity index (χ0n) is 18.9. The molecule has 0 fully saturated rings. The van der Waals surface area contributed by atoms with Crippen molar-refractivity contribution in [2.75, 3.05) is 0 Å². The lowest BCUT2D eigenvalue weighted by Crippen LogP contribution is -2.18. The predicted octanol–water partition coefficient (Wildman–Crippen LogP) is 5.52. The zero-order valence-corrected chi connectivity index (χ0v) is 22.1. The number of benzene rings is 1. The first-order valence-corrected chi connectivity index (χ1v) is 12.7. The lowest BCUT2D eigenvalue weighted by Gasteiger charge is -2.04. The highest BCUT2D eigenvalue weighted by molar-refractivity contribution is 7.15. The number of hydrogen-bond acceptors (Lipinski definition) is 8. The average molecular weight is 577 g/mol. The van der Waals surface area contributed by atoms with Crippen LogP contribution in [0.2, 0.25) is 10.0 Å². The van der Waals surface area contributed by atoms with Gasteiger partial charge in [-0.15, -0.1) is 22.7 Å². The summed E-state index contributed by atoms with van der Waals surface area (Å²) in [6.45, 7) is 1.64. The number of primary amides is 1. The molecular weight excluding hydrogens is 559 g/mol. The van der Waals surface area contributed by atoms with Gasteiger partial charge in [-0.05, 0) is 48.9 Å². The van der Waals surface area contributed by atoms with Crippen molar-refractivity contribution in [2.24, 2.45) is 10.8 Å². The number of nitrogens with two attached hydrogens (primary N) is 1. The number of aromatic nitrogens is 1. The molecule has 0 atom stereocenters. The van der Waals surface area contributed by atoms with Gasteiger partial charge in [0, 0.05) is 11.6 Å². The van der Waals surface area contributed by atoms with Gasteiger partial charge in [0.15, 0.2) is 0 Å². The highest BCUT2D eigenvalue weighted by atomic mass is 35.5. The minimum absolute atomic E-state index is 0.0168. The summed E-state index contributed by atoms with van der Waals surface area (Å²) in [4.78, 5) is 37.9. The van der Waals surface area contributed by atoms with Crippen molar-refractivity contribution in [3.05, 3.63) is 91.2 Å². The quantitative estimate of drug-likeness (QED) is 0.175. The van der Waals surface area contributed by atoms with E-state index in [-0.39, 0.29) is 15.5 Å². The molecule has 0 spiro atoms. The van der Waals surface area contributed by atoms with Gasteiger partial charge in [0.1, 0.15) is 16.3 Å². The van der Waals surface area contributed by atoms with E-state index in [1.807, 2.05) is 0 Å². The van der Waals surface area contributed by atoms with Crippen LogP contribution in [0.1, 0.15) is 42.3 Å². The summed E-state index contributed by atoms with van der Waals surface area (Å²) in [5.41, 5.74) is 9.14. The third kappa shape index (κ3) is 7.14. The Morgan fingerprint density at radius 3 is 2.35 bits per heavy atom. The number of thiophene rings is 2. The number of halogens is 2. The number of nitrogens with one attached hydrogen (secondary N) is 1. The standard InChI is InChI=1S/C18H12Cl2N2O4S2.C6H6N2O/c1-8(21-22-17(24)13-4-5-14(28-13)18(25)26)10-7-27-16(15(10)23)9-2-3-11(19)12(20)6-9;7-6(9)5-3-1-2-4-8-5/h2-7,23H,1H3,(H,22,24)(H,25,26);1-4H,(H2,7,9). The molecule has 0 radical (unpaired) electrons. The molecule has 3 aromatic heterocycles. The molecule has 9 nitrogen and oxygen atoms in total. The summed E-state index contributed by atoms with van der Waals surface area (Å²) < 4.78 is 0. The van der Waals surface area contributed by atoms with E-state index >= 15 is 0 Å². The molecule has 5 N–H and O–H groups in total. The summed E-state index contributed by atoms with van der Waals surface area (Å²) in [5.74, 6) is -2.10. The van der Waals surface area contributed by atoms with Crippen LogP contribution >= 0.6 is 45.9 Å². The first-order valence-electron chi connectivity index (χ1n) is 10.2. The van der Waals surface area contributed by atoms with E-state index in [2.05, 4.69) is 15.5 Å². The maximum Gasteiger partial charge on any atom is 0.345 e. The number of aromatic hydroxyl groups is 1. The molecule has 0 saturated carbocycles. The van der Waals surface area contributed by atoms with Gasteiger partial charge in [-0.2, -0.15) is 5.10 Å². The number of carboxylic acids is 1. The van der Waals surface area contributed by atoms with Crippen molar-refractivity contribution in [3.8, 4) is 16.2 Å². The maximum atomic E-state index is 12.1. The van der Waals surface area contributed by atoms with Crippen molar-refractivity contribution in [1.29, 1.82) is 0 Å². The Labute approximate surface area is 228 Å². The second kappa shape index (κ2) is 12.5. The van der Waals surface area contributed by atoms with Crippen LogP contribution in [0.5, 0.6) is 5.75 Å². The number of carbonyl (C=O) groups excluding carboxylic acids is 2. The minimum Gasteiger partial charge on any atom is -0.506 e. The van der Waals surface area contributed by atoms with E-state index in [9.17, 15) is 19.5 Å². The van der Waals surface area contributed by atoms with E-state index in [0.29, 0.717) is 37.5 Å². The number of carbonyl (C=O) groups is 3. The van der Waals surface area contributed by atoms with Gasteiger partial charge >= 0.3 is 5.97 Å². The Morgan fingerprint density at radius 1 is 1.05 bits per heavy atom. The lowest BCUT2D eigenvalue weighted by molar-refractivity contribution is 0.0701. The van der Waals surface area contributed by atoms with Gasteiger partial charge in [-0.3, -0.25) is 14.6 Å². The van der Waals surface area contributed by atoms with Crippen molar-refractivity contribution >= 4 is 69.4 Å². The highest BCUT2D eigenvalue weighted by Gasteiger charge is 2.17. The number of aromatic carboxylic acids is 1. The number of rotatable bonds is 6. The normalized spacial score (nSPS) is 10.8. The van der Waals surface area contributed by atoms with Gasteiger partial charge in [0.2, 0.25) is 0 Å². The van der Waals surface area contributed by atoms with Gasteiger partial charge in [0.25, 0.3) is 11.8 Å². The monoisotopic (exact) mass is 576 g/mol. The maximum absolute atomic E-state index is 12.1. The summed E-state index contributed by atoms with van der Waals surface area (Å²) >= 11 is 14.1. The molecule has 13 heteroatoms. The molecule has 0 bridgehead atoms. The van der Waals surface area contributed by atoms with E-state index in [1.54, 1.807) is 48.7 Å². The second-order valence-electron chi connectivity index (χ2n) is 7.14. The summed E-state index contributed by atoms with van der Waals surface area (Å²) in [5, 5.41) is 26.0. The SMILES string of the molecule is CC(=NNC(=O)c1ccc(C(=O)O)s1)c1csc(-c2ccc(Cl)c(Cl)c2)c1O.NC(=O)c1ccccn1. The summed E-state index contributed by atoms with van der Waals surface area (Å²) in [7, 11) is 0. The van der Waals surface area contributed by atoms with Crippen LogP contribution < -0.4 is 11.2 Å². The molecular formula is C24H18Cl2N4O5S2. The summed E-state index contributed by atoms with van der Waals surface area (Å²) in [6, 6.07) is 12.8. The largest absolute Gasteiger partial charge is 0.506 e. The fourth-order valence-electron chi connectivity index (χ4n) is 2.78. The molecule has 0 aliphatic heterocycles. The van der Waals surface area contributed by atoms with E-state index in [1.165, 1.54) is 29.7 Å². The molecule has 2 amide bonds. The van der Waals surface area contributed by atoms with Crippen molar-refractivity contribution in [1.82, 2.24) is 10.4 Å². The highest BCUT2D eigenvalue weighted by Crippen LogP contribution is 2.40. The molecule has 3 heterocycles. The van der Waals surface area contributed by atoms with Crippen molar-refractivity contribution in [3.63, 3.8) is 0 Å². The van der Waals surface area contributed by atoms with Crippen molar-refractivity contribution < 1.29 is 24.6 Å². The first kappa shape index (κ1) is 27.8. The molecule has 190 valence electrons. The smallest absolute Gasteiger partial charge is 0.345 e. The number of nitrogens with zero attached hydrogens (tertiary/aromatic N) is 2. The second-order valence-corrected chi connectivity index (χ2v) is 9.92. The number of hydrogen-bond donors (Lipinski definition) is 4. The third-order valence-electron chi connectivity index (χ3n) is 4.62. The number of amides is 2. The fraction of sp³-hybridized carbons (Fsp3) is 0.0417. The van der Waals surface area contributed by atoms with Gasteiger partial charge in [0.05, 0.1) is 31.1 Å². The molecule has 37 heavy (non-hydrogen) atoms. The van der Waals surface area contributed by atoms with Crippen LogP contribution in [-0.2, 0) is 0 Å². The number of pyridine rings is 1. The fourth-order valence-corrected chi connectivity index (χ4v) is 4.82. The Bertz CT molecular complexity index is 1490. The topological polar surface area (TPSA) is 155 Å². The molecule has 0 aliphatic carbocycles. The molecule has 1 aromatic carbocycles. The van der Waals surface area contributed by atoms with E-state index in [0.717, 1.165) is 11.3 Å². The predicted molar refractivity (Wildman–Crippen MR) is 145 cm³/mol.